The number of nitrogens with zero attached hydrogens (tertiary/aromatic N) is 1. The molecule has 0 bridgehead atoms. The van der Waals surface area contributed by atoms with Crippen molar-refractivity contribution < 1.29 is 4.39 Å². The third-order valence-corrected chi connectivity index (χ3v) is 3.23. The van der Waals surface area contributed by atoms with Gasteiger partial charge in [0.15, 0.2) is 0 Å². The summed E-state index contributed by atoms with van der Waals surface area (Å²) in [6.07, 6.45) is 0.723. The van der Waals surface area contributed by atoms with Gasteiger partial charge in [0.25, 0.3) is 0 Å². The second-order valence-corrected chi connectivity index (χ2v) is 4.64. The molecule has 4 heteroatoms. The zero-order chi connectivity index (χ0) is 13.9. The normalized spacial score (nSPS) is 10.7. The number of nitrogens with one attached hydrogen (secondary N) is 1. The Bertz CT molecular complexity index is 741. The third kappa shape index (κ3) is 2.46. The second-order valence-electron chi connectivity index (χ2n) is 4.64. The molecule has 3 aromatic rings. The summed E-state index contributed by atoms with van der Waals surface area (Å²) in [6.45, 7) is 0. The Morgan fingerprint density at radius 3 is 2.60 bits per heavy atom. The number of hydrazine groups is 1. The molecule has 2 aromatic carbocycles. The molecule has 0 aliphatic carbocycles. The molecule has 0 aliphatic rings. The van der Waals surface area contributed by atoms with Crippen LogP contribution in [-0.4, -0.2) is 4.98 Å². The maximum absolute atomic E-state index is 13.2. The highest BCUT2D eigenvalue weighted by Gasteiger charge is 2.07. The summed E-state index contributed by atoms with van der Waals surface area (Å²) >= 11 is 0. The first-order valence-corrected chi connectivity index (χ1v) is 6.36. The average Bonchev–Trinajstić information content (AvgIpc) is 2.48. The predicted octanol–water partition coefficient (Wildman–Crippen LogP) is 3.25. The van der Waals surface area contributed by atoms with Crippen LogP contribution in [0.1, 0.15) is 11.1 Å². The zero-order valence-electron chi connectivity index (χ0n) is 10.8. The minimum atomic E-state index is -0.302. The van der Waals surface area contributed by atoms with Crippen molar-refractivity contribution in [3.8, 4) is 0 Å². The van der Waals surface area contributed by atoms with Gasteiger partial charge in [-0.1, -0.05) is 30.3 Å². The van der Waals surface area contributed by atoms with Crippen LogP contribution in [0.2, 0.25) is 0 Å². The molecule has 3 N–H and O–H groups in total. The largest absolute Gasteiger partial charge is 0.308 e. The Morgan fingerprint density at radius 2 is 1.85 bits per heavy atom. The van der Waals surface area contributed by atoms with E-state index in [2.05, 4.69) is 22.5 Å². The molecule has 0 unspecified atom stereocenters. The summed E-state index contributed by atoms with van der Waals surface area (Å²) in [6, 6.07) is 16.6. The monoisotopic (exact) mass is 267 g/mol. The number of nitrogen functional groups attached to an aromatic ring is 1. The topological polar surface area (TPSA) is 50.9 Å². The van der Waals surface area contributed by atoms with Crippen LogP contribution in [-0.2, 0) is 6.42 Å². The Morgan fingerprint density at radius 1 is 1.05 bits per heavy atom. The number of hydrogen-bond acceptors (Lipinski definition) is 3. The first kappa shape index (κ1) is 12.6. The van der Waals surface area contributed by atoms with E-state index in [-0.39, 0.29) is 5.82 Å². The number of aromatic nitrogens is 1. The molecule has 0 amide bonds. The fourth-order valence-electron chi connectivity index (χ4n) is 2.26. The summed E-state index contributed by atoms with van der Waals surface area (Å²) in [5.41, 5.74) is 5.34. The molecule has 3 nitrogen and oxygen atoms in total. The van der Waals surface area contributed by atoms with Crippen molar-refractivity contribution in [2.45, 2.75) is 6.42 Å². The van der Waals surface area contributed by atoms with Crippen LogP contribution in [0, 0.1) is 5.82 Å². The molecule has 0 saturated heterocycles. The van der Waals surface area contributed by atoms with Gasteiger partial charge in [0.2, 0.25) is 0 Å². The number of fused-ring (bicyclic) bond motifs is 1. The minimum absolute atomic E-state index is 0.302. The van der Waals surface area contributed by atoms with Crippen LogP contribution in [0.4, 0.5) is 10.2 Å². The molecule has 20 heavy (non-hydrogen) atoms. The number of rotatable bonds is 3. The van der Waals surface area contributed by atoms with Gasteiger partial charge in [0.1, 0.15) is 11.6 Å². The molecule has 0 atom stereocenters. The first-order chi connectivity index (χ1) is 9.76. The van der Waals surface area contributed by atoms with E-state index in [1.165, 1.54) is 17.7 Å². The van der Waals surface area contributed by atoms with Gasteiger partial charge in [-0.2, -0.15) is 0 Å². The molecule has 0 radical (unpaired) electrons. The summed E-state index contributed by atoms with van der Waals surface area (Å²) in [7, 11) is 0. The van der Waals surface area contributed by atoms with E-state index in [0.29, 0.717) is 11.3 Å². The third-order valence-electron chi connectivity index (χ3n) is 3.23. The highest BCUT2D eigenvalue weighted by Crippen LogP contribution is 2.23. The van der Waals surface area contributed by atoms with Crippen molar-refractivity contribution in [1.29, 1.82) is 0 Å². The SMILES string of the molecule is NNc1nc2cc(F)ccc2cc1Cc1ccccc1. The number of anilines is 1. The fraction of sp³-hybridized carbons (Fsp3) is 0.0625. The predicted molar refractivity (Wildman–Crippen MR) is 78.8 cm³/mol. The quantitative estimate of drug-likeness (QED) is 0.565. The van der Waals surface area contributed by atoms with Crippen molar-refractivity contribution in [3.63, 3.8) is 0 Å². The first-order valence-electron chi connectivity index (χ1n) is 6.36. The van der Waals surface area contributed by atoms with Crippen LogP contribution in [0.5, 0.6) is 0 Å². The summed E-state index contributed by atoms with van der Waals surface area (Å²) in [5, 5.41) is 0.899. The van der Waals surface area contributed by atoms with E-state index in [9.17, 15) is 4.39 Å². The van der Waals surface area contributed by atoms with Gasteiger partial charge in [0, 0.05) is 23.4 Å². The minimum Gasteiger partial charge on any atom is -0.308 e. The highest BCUT2D eigenvalue weighted by atomic mass is 19.1. The van der Waals surface area contributed by atoms with Gasteiger partial charge < -0.3 is 5.43 Å². The van der Waals surface area contributed by atoms with Gasteiger partial charge in [-0.25, -0.2) is 15.2 Å². The van der Waals surface area contributed by atoms with E-state index in [1.807, 2.05) is 24.3 Å². The van der Waals surface area contributed by atoms with E-state index < -0.39 is 0 Å². The number of hydrogen-bond donors (Lipinski definition) is 2. The molecule has 0 spiro atoms. The van der Waals surface area contributed by atoms with E-state index in [0.717, 1.165) is 17.4 Å². The molecular weight excluding hydrogens is 253 g/mol. The Hall–Kier alpha value is -2.46. The van der Waals surface area contributed by atoms with Gasteiger partial charge in [-0.3, -0.25) is 0 Å². The van der Waals surface area contributed by atoms with Crippen molar-refractivity contribution in [1.82, 2.24) is 4.98 Å². The van der Waals surface area contributed by atoms with Gasteiger partial charge in [0.05, 0.1) is 5.52 Å². The number of halogens is 1. The van der Waals surface area contributed by atoms with Crippen LogP contribution in [0.3, 0.4) is 0 Å². The van der Waals surface area contributed by atoms with E-state index in [1.54, 1.807) is 6.07 Å². The molecule has 3 rings (SSSR count). The van der Waals surface area contributed by atoms with Crippen LogP contribution in [0.25, 0.3) is 10.9 Å². The fourth-order valence-corrected chi connectivity index (χ4v) is 2.26. The van der Waals surface area contributed by atoms with E-state index >= 15 is 0 Å². The summed E-state index contributed by atoms with van der Waals surface area (Å²) in [5.74, 6) is 5.80. The smallest absolute Gasteiger partial charge is 0.144 e. The van der Waals surface area contributed by atoms with Crippen molar-refractivity contribution in [2.75, 3.05) is 5.43 Å². The maximum atomic E-state index is 13.2. The maximum Gasteiger partial charge on any atom is 0.144 e. The Labute approximate surface area is 116 Å². The lowest BCUT2D eigenvalue weighted by molar-refractivity contribution is 0.629. The lowest BCUT2D eigenvalue weighted by Crippen LogP contribution is -2.11. The molecule has 1 heterocycles. The van der Waals surface area contributed by atoms with Crippen molar-refractivity contribution in [3.05, 3.63) is 71.5 Å². The summed E-state index contributed by atoms with van der Waals surface area (Å²) < 4.78 is 13.2. The number of nitrogens with two attached hydrogens (primary N) is 1. The van der Waals surface area contributed by atoms with Crippen LogP contribution < -0.4 is 11.3 Å². The molecule has 0 fully saturated rings. The average molecular weight is 267 g/mol. The molecule has 1 aromatic heterocycles. The van der Waals surface area contributed by atoms with Crippen molar-refractivity contribution >= 4 is 16.7 Å². The Kier molecular flexibility index (Phi) is 3.31. The molecule has 100 valence electrons. The van der Waals surface area contributed by atoms with Crippen LogP contribution in [0.15, 0.2) is 54.6 Å². The summed E-state index contributed by atoms with van der Waals surface area (Å²) in [4.78, 5) is 4.37. The molecule has 0 aliphatic heterocycles. The second kappa shape index (κ2) is 5.27. The van der Waals surface area contributed by atoms with Crippen LogP contribution >= 0.6 is 0 Å². The van der Waals surface area contributed by atoms with E-state index in [4.69, 9.17) is 5.84 Å². The number of pyridine rings is 1. The molecule has 0 saturated carbocycles. The molecular formula is C16H14FN3. The van der Waals surface area contributed by atoms with Gasteiger partial charge in [-0.05, 0) is 23.8 Å². The zero-order valence-corrected chi connectivity index (χ0v) is 10.8. The standard InChI is InChI=1S/C16H14FN3/c17-14-7-6-12-9-13(8-11-4-2-1-3-5-11)16(20-18)19-15(12)10-14/h1-7,9-10H,8,18H2,(H,19,20). The van der Waals surface area contributed by atoms with Crippen molar-refractivity contribution in [2.24, 2.45) is 5.84 Å². The number of benzene rings is 2. The van der Waals surface area contributed by atoms with Gasteiger partial charge in [-0.15, -0.1) is 0 Å². The lowest BCUT2D eigenvalue weighted by Gasteiger charge is -2.10. The lowest BCUT2D eigenvalue weighted by atomic mass is 10.0. The Balaban J connectivity index is 2.07. The van der Waals surface area contributed by atoms with Gasteiger partial charge >= 0.3 is 0 Å². The highest BCUT2D eigenvalue weighted by molar-refractivity contribution is 5.81.